The number of carboxylic acids is 1. The summed E-state index contributed by atoms with van der Waals surface area (Å²) in [4.78, 5) is 24.1. The average molecular weight is 287 g/mol. The second kappa shape index (κ2) is 8.76. The molecule has 20 heavy (non-hydrogen) atoms. The number of carbonyl (C=O) groups is 2. The standard InChI is InChI=1S/C13H25N3O4/c1-16(10-4-2-3-5-10)9-8-15-13(20)14-7-6-11(17)12(18)19/h10-11,17H,2-9H2,1H3,(H,18,19)(H2,14,15,20). The summed E-state index contributed by atoms with van der Waals surface area (Å²) in [5, 5.41) is 22.7. The van der Waals surface area contributed by atoms with Crippen LogP contribution in [0.25, 0.3) is 0 Å². The lowest BCUT2D eigenvalue weighted by molar-refractivity contribution is -0.146. The van der Waals surface area contributed by atoms with E-state index in [1.165, 1.54) is 25.7 Å². The summed E-state index contributed by atoms with van der Waals surface area (Å²) < 4.78 is 0. The number of likely N-dealkylation sites (N-methyl/N-ethyl adjacent to an activating group) is 1. The summed E-state index contributed by atoms with van der Waals surface area (Å²) in [6.07, 6.45) is 3.61. The fraction of sp³-hybridized carbons (Fsp3) is 0.846. The second-order valence-corrected chi connectivity index (χ2v) is 5.24. The molecule has 1 aliphatic rings. The van der Waals surface area contributed by atoms with Gasteiger partial charge in [0.05, 0.1) is 0 Å². The molecule has 1 atom stereocenters. The van der Waals surface area contributed by atoms with Gasteiger partial charge in [-0.2, -0.15) is 0 Å². The van der Waals surface area contributed by atoms with Gasteiger partial charge in [0.1, 0.15) is 0 Å². The highest BCUT2D eigenvalue weighted by atomic mass is 16.4. The summed E-state index contributed by atoms with van der Waals surface area (Å²) in [6, 6.07) is 0.299. The Morgan fingerprint density at radius 2 is 1.85 bits per heavy atom. The molecule has 7 nitrogen and oxygen atoms in total. The van der Waals surface area contributed by atoms with E-state index in [2.05, 4.69) is 22.6 Å². The van der Waals surface area contributed by atoms with Crippen LogP contribution in [0.1, 0.15) is 32.1 Å². The van der Waals surface area contributed by atoms with Gasteiger partial charge in [-0.3, -0.25) is 0 Å². The highest BCUT2D eigenvalue weighted by Gasteiger charge is 2.19. The maximum absolute atomic E-state index is 11.4. The van der Waals surface area contributed by atoms with Crippen molar-refractivity contribution in [2.24, 2.45) is 0 Å². The number of rotatable bonds is 8. The molecule has 0 saturated heterocycles. The Morgan fingerprint density at radius 1 is 1.25 bits per heavy atom. The van der Waals surface area contributed by atoms with Crippen LogP contribution in [0, 0.1) is 0 Å². The molecule has 7 heteroatoms. The molecule has 4 N–H and O–H groups in total. The van der Waals surface area contributed by atoms with Crippen molar-refractivity contribution in [2.45, 2.75) is 44.2 Å². The van der Waals surface area contributed by atoms with Crippen molar-refractivity contribution in [2.75, 3.05) is 26.7 Å². The van der Waals surface area contributed by atoms with Crippen LogP contribution < -0.4 is 10.6 Å². The van der Waals surface area contributed by atoms with E-state index in [1.54, 1.807) is 0 Å². The average Bonchev–Trinajstić information content (AvgIpc) is 2.92. The number of nitrogens with zero attached hydrogens (tertiary/aromatic N) is 1. The SMILES string of the molecule is CN(CCNC(=O)NCCC(O)C(=O)O)C1CCCC1. The first-order chi connectivity index (χ1) is 9.50. The first-order valence-electron chi connectivity index (χ1n) is 7.13. The van der Waals surface area contributed by atoms with Crippen molar-refractivity contribution < 1.29 is 19.8 Å². The molecular formula is C13H25N3O4. The molecular weight excluding hydrogens is 262 g/mol. The van der Waals surface area contributed by atoms with Crippen molar-refractivity contribution in [3.05, 3.63) is 0 Å². The number of hydrogen-bond donors (Lipinski definition) is 4. The number of hydrogen-bond acceptors (Lipinski definition) is 4. The van der Waals surface area contributed by atoms with Crippen molar-refractivity contribution in [3.63, 3.8) is 0 Å². The molecule has 116 valence electrons. The molecule has 0 aliphatic heterocycles. The van der Waals surface area contributed by atoms with Gasteiger partial charge < -0.3 is 25.7 Å². The highest BCUT2D eigenvalue weighted by Crippen LogP contribution is 2.21. The summed E-state index contributed by atoms with van der Waals surface area (Å²) in [6.45, 7) is 1.49. The van der Waals surface area contributed by atoms with Crippen LogP contribution in [-0.4, -0.2) is 65.9 Å². The number of carbonyl (C=O) groups excluding carboxylic acids is 1. The van der Waals surface area contributed by atoms with Crippen LogP contribution in [0.15, 0.2) is 0 Å². The first-order valence-corrected chi connectivity index (χ1v) is 7.13. The fourth-order valence-electron chi connectivity index (χ4n) is 2.38. The first kappa shape index (κ1) is 16.7. The number of aliphatic hydroxyl groups is 1. The van der Waals surface area contributed by atoms with Gasteiger partial charge in [0.25, 0.3) is 0 Å². The lowest BCUT2D eigenvalue weighted by Gasteiger charge is -2.23. The number of amides is 2. The van der Waals surface area contributed by atoms with Gasteiger partial charge in [-0.15, -0.1) is 0 Å². The lowest BCUT2D eigenvalue weighted by Crippen LogP contribution is -2.42. The third-order valence-corrected chi connectivity index (χ3v) is 3.69. The Kier molecular flexibility index (Phi) is 7.32. The topological polar surface area (TPSA) is 102 Å². The molecule has 0 bridgehead atoms. The normalized spacial score (nSPS) is 17.1. The highest BCUT2D eigenvalue weighted by molar-refractivity contribution is 5.74. The molecule has 0 spiro atoms. The molecule has 1 saturated carbocycles. The van der Waals surface area contributed by atoms with E-state index in [1.807, 2.05) is 0 Å². The summed E-state index contributed by atoms with van der Waals surface area (Å²) in [5.74, 6) is -1.27. The van der Waals surface area contributed by atoms with Crippen LogP contribution in [-0.2, 0) is 4.79 Å². The second-order valence-electron chi connectivity index (χ2n) is 5.24. The van der Waals surface area contributed by atoms with E-state index in [-0.39, 0.29) is 19.0 Å². The van der Waals surface area contributed by atoms with E-state index in [9.17, 15) is 9.59 Å². The molecule has 1 unspecified atom stereocenters. The molecule has 0 heterocycles. The lowest BCUT2D eigenvalue weighted by atomic mass is 10.2. The molecule has 1 fully saturated rings. The van der Waals surface area contributed by atoms with Gasteiger partial charge in [0.2, 0.25) is 0 Å². The van der Waals surface area contributed by atoms with E-state index < -0.39 is 12.1 Å². The van der Waals surface area contributed by atoms with Crippen LogP contribution in [0.2, 0.25) is 0 Å². The summed E-state index contributed by atoms with van der Waals surface area (Å²) >= 11 is 0. The van der Waals surface area contributed by atoms with Crippen molar-refractivity contribution in [1.82, 2.24) is 15.5 Å². The number of carboxylic acid groups (broad SMARTS) is 1. The Labute approximate surface area is 119 Å². The third-order valence-electron chi connectivity index (χ3n) is 3.69. The van der Waals surface area contributed by atoms with Crippen LogP contribution in [0.3, 0.4) is 0 Å². The molecule has 2 amide bonds. The molecule has 1 rings (SSSR count). The van der Waals surface area contributed by atoms with Gasteiger partial charge >= 0.3 is 12.0 Å². The minimum absolute atomic E-state index is 0.00469. The number of nitrogens with one attached hydrogen (secondary N) is 2. The Hall–Kier alpha value is -1.34. The summed E-state index contributed by atoms with van der Waals surface area (Å²) in [7, 11) is 2.07. The Morgan fingerprint density at radius 3 is 2.45 bits per heavy atom. The Bertz CT molecular complexity index is 319. The van der Waals surface area contributed by atoms with E-state index in [0.717, 1.165) is 6.54 Å². The van der Waals surface area contributed by atoms with Crippen molar-refractivity contribution >= 4 is 12.0 Å². The molecule has 0 radical (unpaired) electrons. The number of aliphatic carboxylic acids is 1. The zero-order valence-corrected chi connectivity index (χ0v) is 12.0. The minimum Gasteiger partial charge on any atom is -0.479 e. The van der Waals surface area contributed by atoms with Gasteiger partial charge in [0, 0.05) is 32.1 Å². The number of urea groups is 1. The zero-order valence-electron chi connectivity index (χ0n) is 12.0. The van der Waals surface area contributed by atoms with Gasteiger partial charge in [-0.25, -0.2) is 9.59 Å². The van der Waals surface area contributed by atoms with Crippen LogP contribution in [0.5, 0.6) is 0 Å². The number of aliphatic hydroxyl groups excluding tert-OH is 1. The van der Waals surface area contributed by atoms with Crippen molar-refractivity contribution in [1.29, 1.82) is 0 Å². The Balaban J connectivity index is 2.03. The zero-order chi connectivity index (χ0) is 15.0. The van der Waals surface area contributed by atoms with Gasteiger partial charge in [-0.1, -0.05) is 12.8 Å². The maximum Gasteiger partial charge on any atom is 0.332 e. The molecule has 0 aromatic heterocycles. The fourth-order valence-corrected chi connectivity index (χ4v) is 2.38. The maximum atomic E-state index is 11.4. The largest absolute Gasteiger partial charge is 0.479 e. The smallest absolute Gasteiger partial charge is 0.332 e. The summed E-state index contributed by atoms with van der Waals surface area (Å²) in [5.41, 5.74) is 0. The van der Waals surface area contributed by atoms with Crippen molar-refractivity contribution in [3.8, 4) is 0 Å². The van der Waals surface area contributed by atoms with Gasteiger partial charge in [0.15, 0.2) is 6.10 Å². The molecule has 0 aromatic carbocycles. The third kappa shape index (κ3) is 6.21. The monoisotopic (exact) mass is 287 g/mol. The van der Waals surface area contributed by atoms with E-state index in [0.29, 0.717) is 12.6 Å². The predicted molar refractivity (Wildman–Crippen MR) is 74.5 cm³/mol. The van der Waals surface area contributed by atoms with E-state index in [4.69, 9.17) is 10.2 Å². The molecule has 1 aliphatic carbocycles. The quantitative estimate of drug-likeness (QED) is 0.503. The minimum atomic E-state index is -1.43. The van der Waals surface area contributed by atoms with Crippen LogP contribution in [0.4, 0.5) is 4.79 Å². The van der Waals surface area contributed by atoms with Crippen LogP contribution >= 0.6 is 0 Å². The van der Waals surface area contributed by atoms with Gasteiger partial charge in [-0.05, 0) is 19.9 Å². The predicted octanol–water partition coefficient (Wildman–Crippen LogP) is -0.00440. The molecule has 0 aromatic rings. The van der Waals surface area contributed by atoms with E-state index >= 15 is 0 Å².